The van der Waals surface area contributed by atoms with E-state index >= 15 is 0 Å². The van der Waals surface area contributed by atoms with Crippen LogP contribution < -0.4 is 4.90 Å². The summed E-state index contributed by atoms with van der Waals surface area (Å²) in [7, 11) is -3.49. The van der Waals surface area contributed by atoms with Gasteiger partial charge in [0.2, 0.25) is 15.9 Å². The molecule has 1 aliphatic heterocycles. The Morgan fingerprint density at radius 3 is 2.18 bits per heavy atom. The van der Waals surface area contributed by atoms with E-state index in [1.165, 1.54) is 10.4 Å². The number of hydrogen-bond acceptors (Lipinski definition) is 6. The molecule has 0 unspecified atom stereocenters. The van der Waals surface area contributed by atoms with Crippen LogP contribution in [0.1, 0.15) is 25.8 Å². The lowest BCUT2D eigenvalue weighted by molar-refractivity contribution is -0.384. The number of piperazine rings is 1. The number of anilines is 1. The maximum absolute atomic E-state index is 12.7. The van der Waals surface area contributed by atoms with Gasteiger partial charge in [0.25, 0.3) is 5.69 Å². The molecule has 0 bridgehead atoms. The molecule has 9 nitrogen and oxygen atoms in total. The van der Waals surface area contributed by atoms with Gasteiger partial charge in [-0.2, -0.15) is 4.31 Å². The number of nitro benzene ring substituents is 1. The monoisotopic (exact) mass is 474 g/mol. The van der Waals surface area contributed by atoms with E-state index in [1.807, 2.05) is 18.7 Å². The smallest absolute Gasteiger partial charge is 0.292 e. The summed E-state index contributed by atoms with van der Waals surface area (Å²) in [6, 6.07) is 13.4. The second kappa shape index (κ2) is 10.8. The van der Waals surface area contributed by atoms with Gasteiger partial charge in [0.1, 0.15) is 5.69 Å². The first-order chi connectivity index (χ1) is 15.8. The van der Waals surface area contributed by atoms with Crippen molar-refractivity contribution in [1.82, 2.24) is 9.21 Å². The number of hydrogen-bond donors (Lipinski definition) is 0. The Morgan fingerprint density at radius 1 is 1.00 bits per heavy atom. The van der Waals surface area contributed by atoms with E-state index in [0.29, 0.717) is 57.8 Å². The lowest BCUT2D eigenvalue weighted by Gasteiger charge is -2.35. The van der Waals surface area contributed by atoms with E-state index < -0.39 is 10.0 Å². The number of carbonyl (C=O) groups excluding carboxylic acids is 1. The molecule has 0 N–H and O–H groups in total. The molecular weight excluding hydrogens is 444 g/mol. The van der Waals surface area contributed by atoms with E-state index in [1.54, 1.807) is 47.4 Å². The number of nitrogens with zero attached hydrogens (tertiary/aromatic N) is 4. The molecule has 0 aromatic heterocycles. The fourth-order valence-electron chi connectivity index (χ4n) is 4.03. The molecule has 1 amide bonds. The summed E-state index contributed by atoms with van der Waals surface area (Å²) in [5.74, 6) is 0.0250. The molecular formula is C23H30N4O5S. The molecule has 1 heterocycles. The molecule has 33 heavy (non-hydrogen) atoms. The van der Waals surface area contributed by atoms with Crippen molar-refractivity contribution < 1.29 is 18.1 Å². The van der Waals surface area contributed by atoms with E-state index in [4.69, 9.17) is 0 Å². The lowest BCUT2D eigenvalue weighted by Crippen LogP contribution is -2.49. The first-order valence-electron chi connectivity index (χ1n) is 11.1. The highest BCUT2D eigenvalue weighted by Gasteiger charge is 2.25. The van der Waals surface area contributed by atoms with Gasteiger partial charge in [-0.25, -0.2) is 8.42 Å². The lowest BCUT2D eigenvalue weighted by atomic mass is 10.1. The predicted molar refractivity (Wildman–Crippen MR) is 127 cm³/mol. The zero-order chi connectivity index (χ0) is 24.0. The molecule has 3 rings (SSSR count). The quantitative estimate of drug-likeness (QED) is 0.409. The number of nitro groups is 1. The van der Waals surface area contributed by atoms with Crippen LogP contribution in [0.5, 0.6) is 0 Å². The zero-order valence-electron chi connectivity index (χ0n) is 19.0. The minimum Gasteiger partial charge on any atom is -0.362 e. The zero-order valence-corrected chi connectivity index (χ0v) is 19.8. The summed E-state index contributed by atoms with van der Waals surface area (Å²) >= 11 is 0. The summed E-state index contributed by atoms with van der Waals surface area (Å²) in [5.41, 5.74) is 1.55. The second-order valence-electron chi connectivity index (χ2n) is 7.85. The molecule has 178 valence electrons. The summed E-state index contributed by atoms with van der Waals surface area (Å²) in [6.45, 7) is 6.53. The topological polar surface area (TPSA) is 104 Å². The molecule has 0 saturated carbocycles. The van der Waals surface area contributed by atoms with Gasteiger partial charge in [0, 0.05) is 51.8 Å². The van der Waals surface area contributed by atoms with Crippen LogP contribution in [0.2, 0.25) is 0 Å². The Bertz CT molecular complexity index is 1080. The van der Waals surface area contributed by atoms with E-state index in [2.05, 4.69) is 0 Å². The first-order valence-corrected chi connectivity index (χ1v) is 12.6. The summed E-state index contributed by atoms with van der Waals surface area (Å²) in [6.07, 6.45) is 0.850. The van der Waals surface area contributed by atoms with Crippen LogP contribution in [0.15, 0.2) is 53.4 Å². The number of para-hydroxylation sites is 2. The van der Waals surface area contributed by atoms with Gasteiger partial charge in [-0.3, -0.25) is 14.9 Å². The van der Waals surface area contributed by atoms with Crippen LogP contribution in [-0.2, 0) is 21.2 Å². The van der Waals surface area contributed by atoms with E-state index in [-0.39, 0.29) is 21.4 Å². The molecule has 1 saturated heterocycles. The number of carbonyl (C=O) groups is 1. The van der Waals surface area contributed by atoms with Gasteiger partial charge in [-0.15, -0.1) is 0 Å². The second-order valence-corrected chi connectivity index (χ2v) is 9.78. The van der Waals surface area contributed by atoms with E-state index in [9.17, 15) is 23.3 Å². The Balaban J connectivity index is 1.54. The Labute approximate surface area is 194 Å². The predicted octanol–water partition coefficient (Wildman–Crippen LogP) is 2.91. The van der Waals surface area contributed by atoms with Crippen molar-refractivity contribution in [3.05, 3.63) is 64.2 Å². The Kier molecular flexibility index (Phi) is 8.04. The first kappa shape index (κ1) is 24.7. The Hall–Kier alpha value is -2.98. The van der Waals surface area contributed by atoms with Gasteiger partial charge >= 0.3 is 0 Å². The molecule has 1 aliphatic rings. The average molecular weight is 475 g/mol. The number of sulfonamides is 1. The number of benzene rings is 2. The van der Waals surface area contributed by atoms with Gasteiger partial charge in [-0.05, 0) is 30.2 Å². The maximum Gasteiger partial charge on any atom is 0.292 e. The van der Waals surface area contributed by atoms with Gasteiger partial charge in [0.05, 0.1) is 9.82 Å². The van der Waals surface area contributed by atoms with Crippen LogP contribution in [0.25, 0.3) is 0 Å². The summed E-state index contributed by atoms with van der Waals surface area (Å²) < 4.78 is 26.6. The van der Waals surface area contributed by atoms with Crippen LogP contribution in [0, 0.1) is 10.1 Å². The number of aryl methyl sites for hydroxylation is 1. The van der Waals surface area contributed by atoms with Crippen molar-refractivity contribution in [3.8, 4) is 0 Å². The summed E-state index contributed by atoms with van der Waals surface area (Å²) in [4.78, 5) is 27.6. The number of amides is 1. The van der Waals surface area contributed by atoms with Crippen molar-refractivity contribution in [3.63, 3.8) is 0 Å². The highest BCUT2D eigenvalue weighted by Crippen LogP contribution is 2.28. The molecule has 0 atom stereocenters. The minimum absolute atomic E-state index is 0.0250. The molecule has 0 radical (unpaired) electrons. The van der Waals surface area contributed by atoms with Crippen LogP contribution in [0.3, 0.4) is 0 Å². The SMILES string of the molecule is CCN(CC)S(=O)(=O)c1ccc(CCC(=O)N2CCN(c3ccccc3[N+](=O)[O-])CC2)cc1. The standard InChI is InChI=1S/C23H30N4O5S/c1-3-26(4-2)33(31,32)20-12-9-19(10-13-20)11-14-23(28)25-17-15-24(16-18-25)21-7-5-6-8-22(21)27(29)30/h5-10,12-13H,3-4,11,14-18H2,1-2H3. The normalized spacial score (nSPS) is 14.5. The minimum atomic E-state index is -3.49. The largest absolute Gasteiger partial charge is 0.362 e. The fraction of sp³-hybridized carbons (Fsp3) is 0.435. The van der Waals surface area contributed by atoms with Crippen molar-refractivity contribution in [2.24, 2.45) is 0 Å². The van der Waals surface area contributed by atoms with Crippen molar-refractivity contribution in [2.45, 2.75) is 31.6 Å². The van der Waals surface area contributed by atoms with Crippen LogP contribution in [0.4, 0.5) is 11.4 Å². The van der Waals surface area contributed by atoms with Crippen molar-refractivity contribution >= 4 is 27.3 Å². The fourth-order valence-corrected chi connectivity index (χ4v) is 5.49. The molecule has 0 spiro atoms. The molecule has 2 aromatic carbocycles. The third kappa shape index (κ3) is 5.69. The van der Waals surface area contributed by atoms with Crippen LogP contribution >= 0.6 is 0 Å². The maximum atomic E-state index is 12.7. The van der Waals surface area contributed by atoms with E-state index in [0.717, 1.165) is 5.56 Å². The van der Waals surface area contributed by atoms with Gasteiger partial charge < -0.3 is 9.80 Å². The highest BCUT2D eigenvalue weighted by molar-refractivity contribution is 7.89. The highest BCUT2D eigenvalue weighted by atomic mass is 32.2. The van der Waals surface area contributed by atoms with Gasteiger partial charge in [-0.1, -0.05) is 38.1 Å². The summed E-state index contributed by atoms with van der Waals surface area (Å²) in [5, 5.41) is 11.3. The average Bonchev–Trinajstić information content (AvgIpc) is 2.83. The third-order valence-electron chi connectivity index (χ3n) is 5.95. The van der Waals surface area contributed by atoms with Gasteiger partial charge in [0.15, 0.2) is 0 Å². The molecule has 0 aliphatic carbocycles. The van der Waals surface area contributed by atoms with Crippen molar-refractivity contribution in [1.29, 1.82) is 0 Å². The molecule has 2 aromatic rings. The molecule has 1 fully saturated rings. The molecule has 10 heteroatoms. The third-order valence-corrected chi connectivity index (χ3v) is 8.01. The Morgan fingerprint density at radius 2 is 1.61 bits per heavy atom. The van der Waals surface area contributed by atoms with Crippen LogP contribution in [-0.4, -0.2) is 67.7 Å². The van der Waals surface area contributed by atoms with Crippen molar-refractivity contribution in [2.75, 3.05) is 44.2 Å². The number of rotatable bonds is 9.